The Bertz CT molecular complexity index is 638. The molecular formula is C14H19N5OS. The van der Waals surface area contributed by atoms with Gasteiger partial charge in [-0.2, -0.15) is 0 Å². The molecule has 0 saturated heterocycles. The zero-order valence-electron chi connectivity index (χ0n) is 12.6. The fourth-order valence-corrected chi connectivity index (χ4v) is 2.40. The van der Waals surface area contributed by atoms with Gasteiger partial charge in [-0.25, -0.2) is 4.98 Å². The minimum atomic E-state index is -0.199. The molecule has 2 rings (SSSR count). The van der Waals surface area contributed by atoms with Crippen molar-refractivity contribution in [1.29, 1.82) is 0 Å². The summed E-state index contributed by atoms with van der Waals surface area (Å²) in [6.45, 7) is 6.09. The van der Waals surface area contributed by atoms with Crippen molar-refractivity contribution >= 4 is 28.2 Å². The standard InChI is InChI=1S/C14H19N5OS/c1-5-12-18-19-14(21-12)17-13(20)9-6-10(8(2)3)16-11(7-9)15-4/h6-8H,5H2,1-4H3,(H,15,16)(H,17,19,20). The smallest absolute Gasteiger partial charge is 0.257 e. The van der Waals surface area contributed by atoms with Crippen LogP contribution in [-0.2, 0) is 6.42 Å². The summed E-state index contributed by atoms with van der Waals surface area (Å²) in [6.07, 6.45) is 0.810. The number of anilines is 2. The lowest BCUT2D eigenvalue weighted by molar-refractivity contribution is 0.102. The lowest BCUT2D eigenvalue weighted by Gasteiger charge is -2.10. The molecule has 2 heterocycles. The van der Waals surface area contributed by atoms with Crippen molar-refractivity contribution in [2.45, 2.75) is 33.1 Å². The maximum atomic E-state index is 12.3. The maximum absolute atomic E-state index is 12.3. The second-order valence-corrected chi connectivity index (χ2v) is 5.94. The first-order valence-electron chi connectivity index (χ1n) is 6.87. The maximum Gasteiger partial charge on any atom is 0.257 e. The topological polar surface area (TPSA) is 79.8 Å². The van der Waals surface area contributed by atoms with Crippen molar-refractivity contribution in [1.82, 2.24) is 15.2 Å². The van der Waals surface area contributed by atoms with Gasteiger partial charge in [-0.1, -0.05) is 32.1 Å². The SMILES string of the molecule is CCc1nnc(NC(=O)c2cc(NC)nc(C(C)C)c2)s1. The summed E-state index contributed by atoms with van der Waals surface area (Å²) in [5, 5.41) is 15.1. The summed E-state index contributed by atoms with van der Waals surface area (Å²) in [4.78, 5) is 16.8. The highest BCUT2D eigenvalue weighted by molar-refractivity contribution is 7.15. The molecule has 0 spiro atoms. The summed E-state index contributed by atoms with van der Waals surface area (Å²) in [5.41, 5.74) is 1.44. The molecule has 0 unspecified atom stereocenters. The van der Waals surface area contributed by atoms with Crippen LogP contribution in [0.2, 0.25) is 0 Å². The van der Waals surface area contributed by atoms with Gasteiger partial charge in [0.25, 0.3) is 5.91 Å². The number of rotatable bonds is 5. The molecule has 21 heavy (non-hydrogen) atoms. The number of hydrogen-bond donors (Lipinski definition) is 2. The Morgan fingerprint density at radius 3 is 2.67 bits per heavy atom. The van der Waals surface area contributed by atoms with E-state index in [1.54, 1.807) is 13.1 Å². The molecule has 112 valence electrons. The van der Waals surface area contributed by atoms with Gasteiger partial charge in [-0.05, 0) is 24.5 Å². The van der Waals surface area contributed by atoms with E-state index in [1.807, 2.05) is 26.8 Å². The molecule has 0 aliphatic rings. The highest BCUT2D eigenvalue weighted by atomic mass is 32.1. The zero-order chi connectivity index (χ0) is 15.4. The molecule has 0 saturated carbocycles. The van der Waals surface area contributed by atoms with Gasteiger partial charge in [-0.15, -0.1) is 10.2 Å². The number of carbonyl (C=O) groups is 1. The lowest BCUT2D eigenvalue weighted by Crippen LogP contribution is -2.13. The number of hydrogen-bond acceptors (Lipinski definition) is 6. The molecule has 0 aliphatic heterocycles. The number of aryl methyl sites for hydroxylation is 1. The van der Waals surface area contributed by atoms with Crippen LogP contribution >= 0.6 is 11.3 Å². The number of nitrogens with zero attached hydrogens (tertiary/aromatic N) is 3. The number of amides is 1. The highest BCUT2D eigenvalue weighted by Crippen LogP contribution is 2.20. The molecule has 0 atom stereocenters. The molecule has 0 fully saturated rings. The Hall–Kier alpha value is -2.02. The minimum absolute atomic E-state index is 0.199. The average molecular weight is 305 g/mol. The quantitative estimate of drug-likeness (QED) is 0.888. The van der Waals surface area contributed by atoms with E-state index in [0.717, 1.165) is 17.1 Å². The highest BCUT2D eigenvalue weighted by Gasteiger charge is 2.13. The second kappa shape index (κ2) is 6.62. The van der Waals surface area contributed by atoms with E-state index in [2.05, 4.69) is 25.8 Å². The van der Waals surface area contributed by atoms with E-state index in [9.17, 15) is 4.79 Å². The third kappa shape index (κ3) is 3.75. The third-order valence-corrected chi connectivity index (χ3v) is 3.93. The Morgan fingerprint density at radius 1 is 1.33 bits per heavy atom. The van der Waals surface area contributed by atoms with E-state index in [1.165, 1.54) is 11.3 Å². The largest absolute Gasteiger partial charge is 0.373 e. The van der Waals surface area contributed by atoms with Crippen molar-refractivity contribution in [2.24, 2.45) is 0 Å². The number of aromatic nitrogens is 3. The predicted molar refractivity (Wildman–Crippen MR) is 85.1 cm³/mol. The van der Waals surface area contributed by atoms with Crippen LogP contribution in [0.5, 0.6) is 0 Å². The van der Waals surface area contributed by atoms with Crippen molar-refractivity contribution in [2.75, 3.05) is 17.7 Å². The van der Waals surface area contributed by atoms with Crippen LogP contribution in [0.1, 0.15) is 47.7 Å². The van der Waals surface area contributed by atoms with E-state index >= 15 is 0 Å². The molecule has 0 radical (unpaired) electrons. The molecule has 2 aromatic heterocycles. The number of nitrogens with one attached hydrogen (secondary N) is 2. The summed E-state index contributed by atoms with van der Waals surface area (Å²) in [7, 11) is 1.78. The van der Waals surface area contributed by atoms with E-state index in [-0.39, 0.29) is 11.8 Å². The van der Waals surface area contributed by atoms with Crippen LogP contribution in [0, 0.1) is 0 Å². The third-order valence-electron chi connectivity index (χ3n) is 2.94. The summed E-state index contributed by atoms with van der Waals surface area (Å²) in [6, 6.07) is 3.53. The van der Waals surface area contributed by atoms with Crippen LogP contribution in [0.4, 0.5) is 10.9 Å². The number of pyridine rings is 1. The van der Waals surface area contributed by atoms with Crippen molar-refractivity contribution < 1.29 is 4.79 Å². The van der Waals surface area contributed by atoms with Crippen molar-refractivity contribution in [3.63, 3.8) is 0 Å². The first-order valence-corrected chi connectivity index (χ1v) is 7.68. The molecular weight excluding hydrogens is 286 g/mol. The lowest BCUT2D eigenvalue weighted by atomic mass is 10.1. The van der Waals surface area contributed by atoms with Crippen LogP contribution in [0.3, 0.4) is 0 Å². The van der Waals surface area contributed by atoms with Crippen LogP contribution < -0.4 is 10.6 Å². The Morgan fingerprint density at radius 2 is 2.10 bits per heavy atom. The van der Waals surface area contributed by atoms with Gasteiger partial charge in [0.15, 0.2) is 0 Å². The second-order valence-electron chi connectivity index (χ2n) is 4.88. The van der Waals surface area contributed by atoms with Gasteiger partial charge in [0.05, 0.1) is 0 Å². The van der Waals surface area contributed by atoms with Gasteiger partial charge in [0, 0.05) is 18.3 Å². The molecule has 6 nitrogen and oxygen atoms in total. The first kappa shape index (κ1) is 15.4. The summed E-state index contributed by atoms with van der Waals surface area (Å²) in [5.74, 6) is 0.727. The normalized spacial score (nSPS) is 10.7. The van der Waals surface area contributed by atoms with Gasteiger partial charge >= 0.3 is 0 Å². The molecule has 0 bridgehead atoms. The molecule has 0 aliphatic carbocycles. The molecule has 0 aromatic carbocycles. The van der Waals surface area contributed by atoms with Crippen LogP contribution in [-0.4, -0.2) is 28.1 Å². The van der Waals surface area contributed by atoms with Gasteiger partial charge in [0.1, 0.15) is 10.8 Å². The fourth-order valence-electron chi connectivity index (χ4n) is 1.72. The molecule has 2 N–H and O–H groups in total. The Labute approximate surface area is 128 Å². The van der Waals surface area contributed by atoms with Gasteiger partial charge in [-0.3, -0.25) is 10.1 Å². The molecule has 7 heteroatoms. The van der Waals surface area contributed by atoms with E-state index in [0.29, 0.717) is 16.5 Å². The van der Waals surface area contributed by atoms with Crippen molar-refractivity contribution in [3.8, 4) is 0 Å². The Kier molecular flexibility index (Phi) is 4.85. The number of carbonyl (C=O) groups excluding carboxylic acids is 1. The predicted octanol–water partition coefficient (Wildman–Crippen LogP) is 2.91. The Balaban J connectivity index is 2.23. The first-order chi connectivity index (χ1) is 10.0. The van der Waals surface area contributed by atoms with E-state index < -0.39 is 0 Å². The minimum Gasteiger partial charge on any atom is -0.373 e. The zero-order valence-corrected chi connectivity index (χ0v) is 13.4. The van der Waals surface area contributed by atoms with Crippen molar-refractivity contribution in [3.05, 3.63) is 28.4 Å². The monoisotopic (exact) mass is 305 g/mol. The van der Waals surface area contributed by atoms with Crippen LogP contribution in [0.15, 0.2) is 12.1 Å². The molecule has 2 aromatic rings. The van der Waals surface area contributed by atoms with Crippen LogP contribution in [0.25, 0.3) is 0 Å². The average Bonchev–Trinajstić information content (AvgIpc) is 2.94. The summed E-state index contributed by atoms with van der Waals surface area (Å²) < 4.78 is 0. The van der Waals surface area contributed by atoms with Gasteiger partial charge < -0.3 is 5.32 Å². The van der Waals surface area contributed by atoms with E-state index in [4.69, 9.17) is 0 Å². The summed E-state index contributed by atoms with van der Waals surface area (Å²) >= 11 is 1.39. The fraction of sp³-hybridized carbons (Fsp3) is 0.429. The molecule has 1 amide bonds. The van der Waals surface area contributed by atoms with Gasteiger partial charge in [0.2, 0.25) is 5.13 Å².